The molecule has 0 aliphatic heterocycles. The summed E-state index contributed by atoms with van der Waals surface area (Å²) < 4.78 is 0. The lowest BCUT2D eigenvalue weighted by Gasteiger charge is -1.65. The number of aromatic nitrogens is 1. The van der Waals surface area contributed by atoms with Crippen molar-refractivity contribution in [3.05, 3.63) is 16.6 Å². The maximum atomic E-state index is 9.00. The van der Waals surface area contributed by atoms with Crippen molar-refractivity contribution in [1.82, 2.24) is 4.98 Å². The van der Waals surface area contributed by atoms with E-state index in [1.807, 2.05) is 12.3 Å². The SMILES string of the molecule is Cc1nccs1.NC(N)=O. The molecule has 0 atom stereocenters. The summed E-state index contributed by atoms with van der Waals surface area (Å²) in [5.74, 6) is 0. The van der Waals surface area contributed by atoms with Gasteiger partial charge < -0.3 is 11.5 Å². The first kappa shape index (κ1) is 8.90. The van der Waals surface area contributed by atoms with Crippen molar-refractivity contribution in [2.45, 2.75) is 6.92 Å². The monoisotopic (exact) mass is 159 g/mol. The number of carbonyl (C=O) groups excluding carboxylic acids is 1. The van der Waals surface area contributed by atoms with Crippen LogP contribution in [0.3, 0.4) is 0 Å². The van der Waals surface area contributed by atoms with Crippen LogP contribution in [0.25, 0.3) is 0 Å². The molecule has 0 spiro atoms. The number of primary amides is 2. The smallest absolute Gasteiger partial charge is 0.309 e. The molecule has 0 saturated carbocycles. The minimum absolute atomic E-state index is 0.833. The topological polar surface area (TPSA) is 82.0 Å². The second-order valence-electron chi connectivity index (χ2n) is 1.45. The van der Waals surface area contributed by atoms with Crippen LogP contribution in [0, 0.1) is 6.92 Å². The molecule has 10 heavy (non-hydrogen) atoms. The fourth-order valence-electron chi connectivity index (χ4n) is 0.295. The number of urea groups is 1. The van der Waals surface area contributed by atoms with E-state index >= 15 is 0 Å². The number of rotatable bonds is 0. The summed E-state index contributed by atoms with van der Waals surface area (Å²) in [6.45, 7) is 1.99. The number of hydrogen-bond acceptors (Lipinski definition) is 3. The van der Waals surface area contributed by atoms with Crippen molar-refractivity contribution in [2.24, 2.45) is 11.5 Å². The molecule has 0 aliphatic carbocycles. The van der Waals surface area contributed by atoms with Gasteiger partial charge in [0.25, 0.3) is 0 Å². The van der Waals surface area contributed by atoms with Crippen molar-refractivity contribution in [2.75, 3.05) is 0 Å². The maximum Gasteiger partial charge on any atom is 0.309 e. The molecular formula is C5H9N3OS. The van der Waals surface area contributed by atoms with Crippen molar-refractivity contribution in [3.63, 3.8) is 0 Å². The predicted octanol–water partition coefficient (Wildman–Crippen LogP) is 0.475. The van der Waals surface area contributed by atoms with Gasteiger partial charge in [-0.25, -0.2) is 4.79 Å². The lowest BCUT2D eigenvalue weighted by molar-refractivity contribution is 0.256. The van der Waals surface area contributed by atoms with Crippen LogP contribution in [0.15, 0.2) is 11.6 Å². The first-order valence-corrected chi connectivity index (χ1v) is 3.42. The Bertz CT molecular complexity index is 181. The lowest BCUT2D eigenvalue weighted by atomic mass is 10.8. The summed E-state index contributed by atoms with van der Waals surface area (Å²) >= 11 is 1.67. The third-order valence-electron chi connectivity index (χ3n) is 0.556. The molecule has 1 aromatic heterocycles. The number of nitrogens with two attached hydrogens (primary N) is 2. The van der Waals surface area contributed by atoms with Crippen LogP contribution < -0.4 is 11.5 Å². The molecule has 0 bridgehead atoms. The number of carbonyl (C=O) groups is 1. The zero-order valence-electron chi connectivity index (χ0n) is 5.57. The standard InChI is InChI=1S/C4H5NS.CH4N2O/c1-4-5-2-3-6-4;2-1(3)4/h2-3H,1H3;(H4,2,3,4). The van der Waals surface area contributed by atoms with E-state index in [0.29, 0.717) is 0 Å². The third kappa shape index (κ3) is 6.90. The third-order valence-corrected chi connectivity index (χ3v) is 1.26. The van der Waals surface area contributed by atoms with E-state index in [9.17, 15) is 0 Å². The minimum atomic E-state index is -0.833. The summed E-state index contributed by atoms with van der Waals surface area (Å²) in [6, 6.07) is -0.833. The van der Waals surface area contributed by atoms with Gasteiger partial charge in [0.2, 0.25) is 0 Å². The summed E-state index contributed by atoms with van der Waals surface area (Å²) in [5.41, 5.74) is 8.50. The molecule has 0 radical (unpaired) electrons. The van der Waals surface area contributed by atoms with Crippen LogP contribution in [0.4, 0.5) is 4.79 Å². The quantitative estimate of drug-likeness (QED) is 0.577. The summed E-state index contributed by atoms with van der Waals surface area (Å²) in [7, 11) is 0. The number of nitrogens with zero attached hydrogens (tertiary/aromatic N) is 1. The highest BCUT2D eigenvalue weighted by Gasteiger charge is 1.76. The van der Waals surface area contributed by atoms with E-state index in [1.54, 1.807) is 17.5 Å². The van der Waals surface area contributed by atoms with Gasteiger partial charge in [-0.15, -0.1) is 11.3 Å². The molecule has 0 aromatic carbocycles. The van der Waals surface area contributed by atoms with Gasteiger partial charge in [0, 0.05) is 11.6 Å². The Hall–Kier alpha value is -1.10. The number of hydrogen-bond donors (Lipinski definition) is 2. The van der Waals surface area contributed by atoms with E-state index in [-0.39, 0.29) is 0 Å². The average Bonchev–Trinajstić information content (AvgIpc) is 2.15. The first-order valence-electron chi connectivity index (χ1n) is 2.54. The highest BCUT2D eigenvalue weighted by molar-refractivity contribution is 7.09. The van der Waals surface area contributed by atoms with Crippen LogP contribution in [-0.4, -0.2) is 11.0 Å². The lowest BCUT2D eigenvalue weighted by Crippen LogP contribution is -2.18. The van der Waals surface area contributed by atoms with E-state index in [0.717, 1.165) is 5.01 Å². The Morgan fingerprint density at radius 3 is 2.30 bits per heavy atom. The van der Waals surface area contributed by atoms with Crippen LogP contribution in [0.1, 0.15) is 5.01 Å². The second-order valence-corrected chi connectivity index (χ2v) is 2.55. The molecular weight excluding hydrogens is 150 g/mol. The van der Waals surface area contributed by atoms with Gasteiger partial charge in [-0.05, 0) is 6.92 Å². The Kier molecular flexibility index (Phi) is 4.23. The van der Waals surface area contributed by atoms with Gasteiger partial charge in [0.05, 0.1) is 5.01 Å². The predicted molar refractivity (Wildman–Crippen MR) is 40.6 cm³/mol. The molecule has 0 aliphatic rings. The van der Waals surface area contributed by atoms with Crippen LogP contribution >= 0.6 is 11.3 Å². The highest BCUT2D eigenvalue weighted by atomic mass is 32.1. The molecule has 1 heterocycles. The fraction of sp³-hybridized carbons (Fsp3) is 0.200. The second kappa shape index (κ2) is 4.75. The Morgan fingerprint density at radius 1 is 1.70 bits per heavy atom. The molecule has 0 unspecified atom stereocenters. The largest absolute Gasteiger partial charge is 0.352 e. The van der Waals surface area contributed by atoms with Crippen LogP contribution in [0.5, 0.6) is 0 Å². The molecule has 4 nitrogen and oxygen atoms in total. The van der Waals surface area contributed by atoms with E-state index < -0.39 is 6.03 Å². The molecule has 56 valence electrons. The Morgan fingerprint density at radius 2 is 2.20 bits per heavy atom. The van der Waals surface area contributed by atoms with Crippen molar-refractivity contribution in [1.29, 1.82) is 0 Å². The summed E-state index contributed by atoms with van der Waals surface area (Å²) in [4.78, 5) is 12.9. The van der Waals surface area contributed by atoms with Gasteiger partial charge in [0.1, 0.15) is 0 Å². The van der Waals surface area contributed by atoms with Gasteiger partial charge in [-0.1, -0.05) is 0 Å². The zero-order valence-corrected chi connectivity index (χ0v) is 6.39. The van der Waals surface area contributed by atoms with Gasteiger partial charge in [-0.2, -0.15) is 0 Å². The average molecular weight is 159 g/mol. The zero-order chi connectivity index (χ0) is 7.98. The normalized spacial score (nSPS) is 7.70. The van der Waals surface area contributed by atoms with Crippen molar-refractivity contribution < 1.29 is 4.79 Å². The molecule has 2 amide bonds. The van der Waals surface area contributed by atoms with Gasteiger partial charge in [-0.3, -0.25) is 4.98 Å². The molecule has 0 saturated heterocycles. The molecule has 4 N–H and O–H groups in total. The van der Waals surface area contributed by atoms with E-state index in [1.165, 1.54) is 0 Å². The summed E-state index contributed by atoms with van der Waals surface area (Å²) in [5, 5.41) is 3.10. The maximum absolute atomic E-state index is 9.00. The highest BCUT2D eigenvalue weighted by Crippen LogP contribution is 1.98. The number of amides is 2. The Balaban J connectivity index is 0.000000180. The van der Waals surface area contributed by atoms with Crippen molar-refractivity contribution >= 4 is 17.4 Å². The molecule has 1 rings (SSSR count). The minimum Gasteiger partial charge on any atom is -0.352 e. The summed E-state index contributed by atoms with van der Waals surface area (Å²) in [6.07, 6.45) is 1.81. The van der Waals surface area contributed by atoms with Crippen molar-refractivity contribution in [3.8, 4) is 0 Å². The molecule has 1 aromatic rings. The van der Waals surface area contributed by atoms with E-state index in [2.05, 4.69) is 16.5 Å². The number of aryl methyl sites for hydroxylation is 1. The first-order chi connectivity index (χ1) is 4.63. The van der Waals surface area contributed by atoms with Crippen LogP contribution in [-0.2, 0) is 0 Å². The van der Waals surface area contributed by atoms with E-state index in [4.69, 9.17) is 4.79 Å². The number of thiazole rings is 1. The molecule has 5 heteroatoms. The van der Waals surface area contributed by atoms with Gasteiger partial charge >= 0.3 is 6.03 Å². The molecule has 0 fully saturated rings. The van der Waals surface area contributed by atoms with Gasteiger partial charge in [0.15, 0.2) is 0 Å². The fourth-order valence-corrected chi connectivity index (χ4v) is 0.735. The Labute approximate surface area is 62.9 Å². The van der Waals surface area contributed by atoms with Crippen LogP contribution in [0.2, 0.25) is 0 Å².